The van der Waals surface area contributed by atoms with Crippen molar-refractivity contribution in [3.8, 4) is 0 Å². The normalized spacial score (nSPS) is 13.1. The third-order valence-electron chi connectivity index (χ3n) is 2.68. The molecule has 0 aliphatic heterocycles. The number of aliphatic carboxylic acids is 1. The molecule has 0 heterocycles. The van der Waals surface area contributed by atoms with Gasteiger partial charge in [0.1, 0.15) is 0 Å². The molecule has 0 aromatic heterocycles. The molecule has 1 rings (SSSR count). The summed E-state index contributed by atoms with van der Waals surface area (Å²) in [6.07, 6.45) is 3.57. The highest BCUT2D eigenvalue weighted by atomic mass is 35.5. The molecule has 4 heteroatoms. The molecular formula is C13H18ClNO2. The van der Waals surface area contributed by atoms with E-state index in [0.717, 1.165) is 5.56 Å². The van der Waals surface area contributed by atoms with Gasteiger partial charge in [0.05, 0.1) is 5.41 Å². The van der Waals surface area contributed by atoms with Gasteiger partial charge >= 0.3 is 5.97 Å². The lowest BCUT2D eigenvalue weighted by Crippen LogP contribution is -2.41. The molecule has 3 N–H and O–H groups in total. The topological polar surface area (TPSA) is 63.3 Å². The van der Waals surface area contributed by atoms with Crippen LogP contribution in [0, 0.1) is 5.41 Å². The molecule has 94 valence electrons. The van der Waals surface area contributed by atoms with E-state index < -0.39 is 17.4 Å². The van der Waals surface area contributed by atoms with E-state index >= 15 is 0 Å². The van der Waals surface area contributed by atoms with Crippen LogP contribution in [0.25, 0.3) is 6.08 Å². The zero-order valence-electron chi connectivity index (χ0n) is 9.96. The fraction of sp³-hybridized carbons (Fsp3) is 0.308. The maximum absolute atomic E-state index is 11.0. The number of rotatable bonds is 4. The minimum Gasteiger partial charge on any atom is -0.481 e. The van der Waals surface area contributed by atoms with Crippen LogP contribution in [0.15, 0.2) is 36.4 Å². The maximum Gasteiger partial charge on any atom is 0.310 e. The Kier molecular flexibility index (Phi) is 5.93. The highest BCUT2D eigenvalue weighted by Gasteiger charge is 2.32. The van der Waals surface area contributed by atoms with E-state index in [4.69, 9.17) is 10.8 Å². The third-order valence-corrected chi connectivity index (χ3v) is 2.68. The molecule has 1 atom stereocenters. The Bertz CT molecular complexity index is 388. The number of hydrogen-bond donors (Lipinski definition) is 2. The van der Waals surface area contributed by atoms with Gasteiger partial charge < -0.3 is 10.8 Å². The lowest BCUT2D eigenvalue weighted by atomic mass is 9.84. The summed E-state index contributed by atoms with van der Waals surface area (Å²) in [4.78, 5) is 11.0. The lowest BCUT2D eigenvalue weighted by Gasteiger charge is -2.24. The van der Waals surface area contributed by atoms with Crippen molar-refractivity contribution in [1.29, 1.82) is 0 Å². The maximum atomic E-state index is 11.0. The summed E-state index contributed by atoms with van der Waals surface area (Å²) in [5.74, 6) is -0.891. The van der Waals surface area contributed by atoms with E-state index in [0.29, 0.717) is 0 Å². The Labute approximate surface area is 108 Å². The van der Waals surface area contributed by atoms with Crippen LogP contribution in [0.3, 0.4) is 0 Å². The molecule has 1 aromatic carbocycles. The van der Waals surface area contributed by atoms with Gasteiger partial charge in [-0.1, -0.05) is 42.5 Å². The number of carbonyl (C=O) groups is 1. The summed E-state index contributed by atoms with van der Waals surface area (Å²) < 4.78 is 0. The third kappa shape index (κ3) is 4.21. The molecule has 0 radical (unpaired) electrons. The molecule has 0 bridgehead atoms. The van der Waals surface area contributed by atoms with Crippen LogP contribution in [-0.2, 0) is 4.79 Å². The molecule has 0 spiro atoms. The largest absolute Gasteiger partial charge is 0.481 e. The summed E-state index contributed by atoms with van der Waals surface area (Å²) in [5.41, 5.74) is 5.89. The second kappa shape index (κ2) is 6.42. The van der Waals surface area contributed by atoms with Gasteiger partial charge in [0.2, 0.25) is 0 Å². The van der Waals surface area contributed by atoms with Crippen molar-refractivity contribution in [2.75, 3.05) is 0 Å². The molecule has 0 saturated heterocycles. The smallest absolute Gasteiger partial charge is 0.310 e. The quantitative estimate of drug-likeness (QED) is 0.869. The second-order valence-corrected chi connectivity index (χ2v) is 4.32. The van der Waals surface area contributed by atoms with Gasteiger partial charge in [-0.15, -0.1) is 12.4 Å². The van der Waals surface area contributed by atoms with E-state index in [1.54, 1.807) is 19.9 Å². The SMILES string of the molecule is CC(C)(C(=O)O)C(N)C=Cc1ccccc1.Cl. The minimum atomic E-state index is -0.953. The Balaban J connectivity index is 0.00000256. The molecule has 0 amide bonds. The van der Waals surface area contributed by atoms with Crippen LogP contribution in [0.4, 0.5) is 0 Å². The van der Waals surface area contributed by atoms with Crippen molar-refractivity contribution in [1.82, 2.24) is 0 Å². The summed E-state index contributed by atoms with van der Waals surface area (Å²) >= 11 is 0. The van der Waals surface area contributed by atoms with Crippen molar-refractivity contribution >= 4 is 24.5 Å². The summed E-state index contributed by atoms with van der Waals surface area (Å²) in [6, 6.07) is 9.15. The number of carboxylic acids is 1. The number of hydrogen-bond acceptors (Lipinski definition) is 2. The average Bonchev–Trinajstić information content (AvgIpc) is 2.27. The average molecular weight is 256 g/mol. The minimum absolute atomic E-state index is 0. The zero-order valence-corrected chi connectivity index (χ0v) is 10.8. The van der Waals surface area contributed by atoms with E-state index in [1.807, 2.05) is 36.4 Å². The first kappa shape index (κ1) is 15.7. The summed E-state index contributed by atoms with van der Waals surface area (Å²) in [6.45, 7) is 3.24. The van der Waals surface area contributed by atoms with Crippen molar-refractivity contribution in [2.45, 2.75) is 19.9 Å². The van der Waals surface area contributed by atoms with Crippen LogP contribution in [-0.4, -0.2) is 17.1 Å². The Hall–Kier alpha value is -1.32. The first-order chi connectivity index (χ1) is 7.44. The van der Waals surface area contributed by atoms with Crippen LogP contribution < -0.4 is 5.73 Å². The molecule has 1 aromatic rings. The first-order valence-electron chi connectivity index (χ1n) is 5.17. The number of carboxylic acid groups (broad SMARTS) is 1. The molecule has 3 nitrogen and oxygen atoms in total. The zero-order chi connectivity index (χ0) is 12.2. The van der Waals surface area contributed by atoms with Crippen molar-refractivity contribution in [2.24, 2.45) is 11.1 Å². The fourth-order valence-electron chi connectivity index (χ4n) is 1.16. The molecular weight excluding hydrogens is 238 g/mol. The van der Waals surface area contributed by atoms with Gasteiger partial charge in [-0.05, 0) is 19.4 Å². The molecule has 17 heavy (non-hydrogen) atoms. The number of halogens is 1. The molecule has 0 saturated carbocycles. The standard InChI is InChI=1S/C13H17NO2.ClH/c1-13(2,12(15)16)11(14)9-8-10-6-4-3-5-7-10;/h3-9,11H,14H2,1-2H3,(H,15,16);1H. The fourth-order valence-corrected chi connectivity index (χ4v) is 1.16. The van der Waals surface area contributed by atoms with Gasteiger partial charge in [-0.3, -0.25) is 4.79 Å². The van der Waals surface area contributed by atoms with Crippen LogP contribution in [0.5, 0.6) is 0 Å². The number of benzene rings is 1. The Morgan fingerprint density at radius 2 is 1.88 bits per heavy atom. The van der Waals surface area contributed by atoms with Crippen LogP contribution >= 0.6 is 12.4 Å². The van der Waals surface area contributed by atoms with Gasteiger partial charge in [-0.25, -0.2) is 0 Å². The molecule has 0 aliphatic rings. The predicted molar refractivity (Wildman–Crippen MR) is 72.1 cm³/mol. The summed E-state index contributed by atoms with van der Waals surface area (Å²) in [5, 5.41) is 8.99. The van der Waals surface area contributed by atoms with Crippen LogP contribution in [0.2, 0.25) is 0 Å². The highest BCUT2D eigenvalue weighted by Crippen LogP contribution is 2.20. The van der Waals surface area contributed by atoms with Crippen molar-refractivity contribution < 1.29 is 9.90 Å². The molecule has 0 fully saturated rings. The monoisotopic (exact) mass is 255 g/mol. The van der Waals surface area contributed by atoms with E-state index in [-0.39, 0.29) is 12.4 Å². The lowest BCUT2D eigenvalue weighted by molar-refractivity contribution is -0.147. The van der Waals surface area contributed by atoms with Crippen molar-refractivity contribution in [3.63, 3.8) is 0 Å². The van der Waals surface area contributed by atoms with Gasteiger partial charge in [0, 0.05) is 6.04 Å². The van der Waals surface area contributed by atoms with E-state index in [2.05, 4.69) is 0 Å². The number of nitrogens with two attached hydrogens (primary N) is 1. The van der Waals surface area contributed by atoms with Crippen LogP contribution in [0.1, 0.15) is 19.4 Å². The van der Waals surface area contributed by atoms with Gasteiger partial charge in [-0.2, -0.15) is 0 Å². The Morgan fingerprint density at radius 3 is 2.35 bits per heavy atom. The van der Waals surface area contributed by atoms with Gasteiger partial charge in [0.15, 0.2) is 0 Å². The molecule has 0 aliphatic carbocycles. The predicted octanol–water partition coefficient (Wildman–Crippen LogP) is 2.56. The molecule has 1 unspecified atom stereocenters. The van der Waals surface area contributed by atoms with Crippen molar-refractivity contribution in [3.05, 3.63) is 42.0 Å². The van der Waals surface area contributed by atoms with E-state index in [9.17, 15) is 4.79 Å². The second-order valence-electron chi connectivity index (χ2n) is 4.32. The van der Waals surface area contributed by atoms with E-state index in [1.165, 1.54) is 0 Å². The van der Waals surface area contributed by atoms with Gasteiger partial charge in [0.25, 0.3) is 0 Å². The Morgan fingerprint density at radius 1 is 1.35 bits per heavy atom. The summed E-state index contributed by atoms with van der Waals surface area (Å²) in [7, 11) is 0. The first-order valence-corrected chi connectivity index (χ1v) is 5.17. The highest BCUT2D eigenvalue weighted by molar-refractivity contribution is 5.85.